The van der Waals surface area contributed by atoms with E-state index < -0.39 is 23.9 Å². The van der Waals surface area contributed by atoms with Crippen LogP contribution in [0.4, 0.5) is 29.3 Å². The van der Waals surface area contributed by atoms with Crippen LogP contribution in [0, 0.1) is 6.92 Å². The number of aryl methyl sites for hydroxylation is 1. The van der Waals surface area contributed by atoms with Crippen molar-refractivity contribution in [3.8, 4) is 0 Å². The molecular weight excluding hydrogens is 379 g/mol. The number of alkyl halides is 3. The van der Waals surface area contributed by atoms with Crippen molar-refractivity contribution in [2.75, 3.05) is 22.9 Å². The molecule has 0 fully saturated rings. The summed E-state index contributed by atoms with van der Waals surface area (Å²) >= 11 is 0.584. The van der Waals surface area contributed by atoms with Crippen molar-refractivity contribution in [3.05, 3.63) is 54.1 Å². The van der Waals surface area contributed by atoms with E-state index >= 15 is 0 Å². The predicted octanol–water partition coefficient (Wildman–Crippen LogP) is 4.41. The summed E-state index contributed by atoms with van der Waals surface area (Å²) < 4.78 is 37.2. The molecule has 0 aliphatic heterocycles. The Hall–Kier alpha value is -2.68. The van der Waals surface area contributed by atoms with E-state index in [4.69, 9.17) is 0 Å². The highest BCUT2D eigenvalue weighted by atomic mass is 32.2. The van der Waals surface area contributed by atoms with Crippen LogP contribution < -0.4 is 16.0 Å². The van der Waals surface area contributed by atoms with Gasteiger partial charge in [0.1, 0.15) is 0 Å². The fraction of sp³-hybridized carbons (Fsp3) is 0.222. The van der Waals surface area contributed by atoms with Gasteiger partial charge in [-0.05, 0) is 36.8 Å². The summed E-state index contributed by atoms with van der Waals surface area (Å²) in [6.45, 7) is 1.56. The van der Waals surface area contributed by atoms with Gasteiger partial charge in [-0.15, -0.1) is 11.8 Å². The first kappa shape index (κ1) is 20.6. The first-order valence-electron chi connectivity index (χ1n) is 7.93. The number of hydrogen-bond donors (Lipinski definition) is 3. The van der Waals surface area contributed by atoms with E-state index in [9.17, 15) is 22.8 Å². The molecule has 0 aromatic heterocycles. The molecule has 0 aliphatic rings. The Morgan fingerprint density at radius 1 is 1.04 bits per heavy atom. The van der Waals surface area contributed by atoms with Gasteiger partial charge in [-0.3, -0.25) is 4.79 Å². The van der Waals surface area contributed by atoms with Gasteiger partial charge >= 0.3 is 12.2 Å². The second-order valence-corrected chi connectivity index (χ2v) is 6.64. The van der Waals surface area contributed by atoms with Crippen LogP contribution in [0.15, 0.2) is 53.4 Å². The maximum Gasteiger partial charge on any atom is 0.398 e. The maximum atomic E-state index is 12.4. The number of para-hydroxylation sites is 1. The molecule has 9 heteroatoms. The zero-order valence-electron chi connectivity index (χ0n) is 14.4. The molecule has 0 saturated carbocycles. The molecule has 0 unspecified atom stereocenters. The van der Waals surface area contributed by atoms with Gasteiger partial charge in [-0.2, -0.15) is 13.2 Å². The summed E-state index contributed by atoms with van der Waals surface area (Å²) in [5.74, 6) is -1.61. The normalized spacial score (nSPS) is 11.0. The summed E-state index contributed by atoms with van der Waals surface area (Å²) in [5, 5.41) is 7.49. The monoisotopic (exact) mass is 397 g/mol. The molecule has 3 amide bonds. The number of rotatable bonds is 6. The Morgan fingerprint density at radius 3 is 2.48 bits per heavy atom. The summed E-state index contributed by atoms with van der Waals surface area (Å²) in [4.78, 5) is 24.1. The average Bonchev–Trinajstić information content (AvgIpc) is 2.58. The number of urea groups is 1. The second-order valence-electron chi connectivity index (χ2n) is 5.63. The summed E-state index contributed by atoms with van der Waals surface area (Å²) in [6, 6.07) is 12.8. The predicted molar refractivity (Wildman–Crippen MR) is 100 cm³/mol. The highest BCUT2D eigenvalue weighted by Gasteiger charge is 2.27. The molecule has 144 valence electrons. The Morgan fingerprint density at radius 2 is 1.78 bits per heavy atom. The Labute approximate surface area is 158 Å². The Kier molecular flexibility index (Phi) is 7.12. The van der Waals surface area contributed by atoms with Crippen LogP contribution >= 0.6 is 11.8 Å². The molecule has 0 aliphatic carbocycles. The average molecular weight is 397 g/mol. The molecule has 2 rings (SSSR count). The van der Waals surface area contributed by atoms with Crippen molar-refractivity contribution >= 4 is 35.1 Å². The van der Waals surface area contributed by atoms with Gasteiger partial charge < -0.3 is 16.0 Å². The molecule has 5 nitrogen and oxygen atoms in total. The van der Waals surface area contributed by atoms with Crippen LogP contribution in [0.5, 0.6) is 0 Å². The van der Waals surface area contributed by atoms with Crippen molar-refractivity contribution in [2.24, 2.45) is 0 Å². The third-order valence-electron chi connectivity index (χ3n) is 3.24. The van der Waals surface area contributed by atoms with E-state index in [1.54, 1.807) is 30.3 Å². The lowest BCUT2D eigenvalue weighted by Gasteiger charge is -2.12. The molecule has 0 radical (unpaired) electrons. The smallest absolute Gasteiger partial charge is 0.329 e. The Balaban J connectivity index is 1.86. The zero-order valence-corrected chi connectivity index (χ0v) is 15.2. The van der Waals surface area contributed by atoms with Crippen LogP contribution in [0.25, 0.3) is 0 Å². The molecule has 0 atom stereocenters. The fourth-order valence-electron chi connectivity index (χ4n) is 2.11. The first-order valence-corrected chi connectivity index (χ1v) is 8.91. The Bertz CT molecular complexity index is 812. The number of amides is 3. The lowest BCUT2D eigenvalue weighted by molar-refractivity contribution is -0.115. The van der Waals surface area contributed by atoms with Crippen LogP contribution in [0.1, 0.15) is 5.56 Å². The SMILES string of the molecule is Cc1cccc(NC(=O)NCC(=O)Nc2ccccc2SCC(F)(F)F)c1. The molecule has 2 aromatic carbocycles. The van der Waals surface area contributed by atoms with Gasteiger partial charge in [0.15, 0.2) is 0 Å². The maximum absolute atomic E-state index is 12.4. The van der Waals surface area contributed by atoms with E-state index in [2.05, 4.69) is 16.0 Å². The highest BCUT2D eigenvalue weighted by Crippen LogP contribution is 2.31. The number of carbonyl (C=O) groups is 2. The summed E-state index contributed by atoms with van der Waals surface area (Å²) in [6.07, 6.45) is -4.31. The van der Waals surface area contributed by atoms with Crippen LogP contribution in [0.3, 0.4) is 0 Å². The molecular formula is C18H18F3N3O2S. The van der Waals surface area contributed by atoms with E-state index in [1.807, 2.05) is 13.0 Å². The molecule has 0 spiro atoms. The standard InChI is InChI=1S/C18H18F3N3O2S/c1-12-5-4-6-13(9-12)23-17(26)22-10-16(25)24-14-7-2-3-8-15(14)27-11-18(19,20)21/h2-9H,10-11H2,1H3,(H,24,25)(H2,22,23,26). The van der Waals surface area contributed by atoms with Gasteiger partial charge in [0, 0.05) is 10.6 Å². The summed E-state index contributed by atoms with van der Waals surface area (Å²) in [5.41, 5.74) is 1.82. The van der Waals surface area contributed by atoms with E-state index in [1.165, 1.54) is 12.1 Å². The number of carbonyl (C=O) groups excluding carboxylic acids is 2. The minimum atomic E-state index is -4.31. The van der Waals surface area contributed by atoms with Gasteiger partial charge in [0.2, 0.25) is 5.91 Å². The lowest BCUT2D eigenvalue weighted by Crippen LogP contribution is -2.35. The number of nitrogens with one attached hydrogen (secondary N) is 3. The second kappa shape index (κ2) is 9.31. The first-order chi connectivity index (χ1) is 12.7. The topological polar surface area (TPSA) is 70.2 Å². The molecule has 0 bridgehead atoms. The minimum absolute atomic E-state index is 0.262. The molecule has 2 aromatic rings. The molecule has 3 N–H and O–H groups in total. The fourth-order valence-corrected chi connectivity index (χ4v) is 2.88. The lowest BCUT2D eigenvalue weighted by atomic mass is 10.2. The minimum Gasteiger partial charge on any atom is -0.329 e. The van der Waals surface area contributed by atoms with Gasteiger partial charge in [0.25, 0.3) is 0 Å². The molecule has 0 heterocycles. The quantitative estimate of drug-likeness (QED) is 0.633. The van der Waals surface area contributed by atoms with Gasteiger partial charge in [0.05, 0.1) is 18.0 Å². The van der Waals surface area contributed by atoms with E-state index in [0.717, 1.165) is 5.56 Å². The van der Waals surface area contributed by atoms with Gasteiger partial charge in [-0.25, -0.2) is 4.79 Å². The van der Waals surface area contributed by atoms with Crippen LogP contribution in [-0.2, 0) is 4.79 Å². The number of benzene rings is 2. The van der Waals surface area contributed by atoms with Crippen LogP contribution in [0.2, 0.25) is 0 Å². The highest BCUT2D eigenvalue weighted by molar-refractivity contribution is 7.99. The number of halogens is 3. The third kappa shape index (κ3) is 7.61. The van der Waals surface area contributed by atoms with Crippen molar-refractivity contribution in [2.45, 2.75) is 18.0 Å². The van der Waals surface area contributed by atoms with Crippen molar-refractivity contribution < 1.29 is 22.8 Å². The zero-order chi connectivity index (χ0) is 19.9. The largest absolute Gasteiger partial charge is 0.398 e. The van der Waals surface area contributed by atoms with Crippen molar-refractivity contribution in [3.63, 3.8) is 0 Å². The van der Waals surface area contributed by atoms with E-state index in [0.29, 0.717) is 22.3 Å². The molecule has 0 saturated heterocycles. The van der Waals surface area contributed by atoms with Crippen molar-refractivity contribution in [1.82, 2.24) is 5.32 Å². The van der Waals surface area contributed by atoms with Crippen molar-refractivity contribution in [1.29, 1.82) is 0 Å². The van der Waals surface area contributed by atoms with Crippen LogP contribution in [-0.4, -0.2) is 30.4 Å². The summed E-state index contributed by atoms with van der Waals surface area (Å²) in [7, 11) is 0. The third-order valence-corrected chi connectivity index (χ3v) is 4.38. The van der Waals surface area contributed by atoms with Gasteiger partial charge in [-0.1, -0.05) is 24.3 Å². The number of anilines is 2. The molecule has 27 heavy (non-hydrogen) atoms. The number of hydrogen-bond acceptors (Lipinski definition) is 3. The number of thioether (sulfide) groups is 1. The van der Waals surface area contributed by atoms with E-state index in [-0.39, 0.29) is 12.2 Å².